The zero-order chi connectivity index (χ0) is 20.6. The largest absolute Gasteiger partial charge is 0.483 e. The Hall–Kier alpha value is -3.87. The molecule has 0 bridgehead atoms. The summed E-state index contributed by atoms with van der Waals surface area (Å²) in [6.07, 6.45) is 2.78. The van der Waals surface area contributed by atoms with Crippen LogP contribution < -0.4 is 14.9 Å². The Balaban J connectivity index is 1.57. The minimum Gasteiger partial charge on any atom is -0.483 e. The predicted molar refractivity (Wildman–Crippen MR) is 107 cm³/mol. The number of carbonyl (C=O) groups is 2. The lowest BCUT2D eigenvalue weighted by molar-refractivity contribution is -0.123. The van der Waals surface area contributed by atoms with E-state index in [-0.39, 0.29) is 12.4 Å². The Morgan fingerprint density at radius 3 is 2.52 bits per heavy atom. The Morgan fingerprint density at radius 1 is 1.03 bits per heavy atom. The molecule has 0 aliphatic carbocycles. The molecule has 29 heavy (non-hydrogen) atoms. The van der Waals surface area contributed by atoms with E-state index < -0.39 is 11.9 Å². The number of amides is 1. The highest BCUT2D eigenvalue weighted by Crippen LogP contribution is 2.22. The first-order chi connectivity index (χ1) is 14.0. The maximum absolute atomic E-state index is 12.0. The number of para-hydroxylation sites is 2. The van der Waals surface area contributed by atoms with Crippen LogP contribution in [-0.2, 0) is 4.79 Å². The van der Waals surface area contributed by atoms with Gasteiger partial charge in [0.15, 0.2) is 6.61 Å². The molecular formula is C22H20N2O5. The minimum absolute atomic E-state index is 0.0914. The first kappa shape index (κ1) is 19.9. The normalized spacial score (nSPS) is 10.7. The van der Waals surface area contributed by atoms with E-state index in [1.807, 2.05) is 32.0 Å². The van der Waals surface area contributed by atoms with Crippen molar-refractivity contribution >= 4 is 18.1 Å². The summed E-state index contributed by atoms with van der Waals surface area (Å²) in [5, 5.41) is 3.91. The number of esters is 1. The molecule has 148 valence electrons. The van der Waals surface area contributed by atoms with Gasteiger partial charge in [0.05, 0.1) is 12.5 Å². The molecule has 0 atom stereocenters. The van der Waals surface area contributed by atoms with Gasteiger partial charge in [-0.05, 0) is 49.2 Å². The summed E-state index contributed by atoms with van der Waals surface area (Å²) in [5.74, 6) is 0.0324. The van der Waals surface area contributed by atoms with E-state index in [4.69, 9.17) is 13.9 Å². The van der Waals surface area contributed by atoms with Crippen molar-refractivity contribution in [1.82, 2.24) is 5.43 Å². The maximum atomic E-state index is 12.0. The van der Waals surface area contributed by atoms with Crippen molar-refractivity contribution in [3.8, 4) is 11.5 Å². The van der Waals surface area contributed by atoms with E-state index in [1.165, 1.54) is 18.5 Å². The quantitative estimate of drug-likeness (QED) is 0.287. The van der Waals surface area contributed by atoms with Gasteiger partial charge in [0.1, 0.15) is 11.5 Å². The van der Waals surface area contributed by atoms with Crippen molar-refractivity contribution in [3.05, 3.63) is 83.3 Å². The number of hydrazone groups is 1. The van der Waals surface area contributed by atoms with Crippen LogP contribution in [0, 0.1) is 13.8 Å². The molecule has 0 unspecified atom stereocenters. The van der Waals surface area contributed by atoms with Crippen molar-refractivity contribution < 1.29 is 23.5 Å². The fraction of sp³-hybridized carbons (Fsp3) is 0.136. The second-order valence-electron chi connectivity index (χ2n) is 6.21. The van der Waals surface area contributed by atoms with Gasteiger partial charge in [0.25, 0.3) is 5.91 Å². The number of nitrogens with one attached hydrogen (secondary N) is 1. The fourth-order valence-corrected chi connectivity index (χ4v) is 2.60. The van der Waals surface area contributed by atoms with Crippen LogP contribution in [0.15, 0.2) is 70.4 Å². The number of rotatable bonds is 7. The highest BCUT2D eigenvalue weighted by atomic mass is 16.5. The summed E-state index contributed by atoms with van der Waals surface area (Å²) < 4.78 is 15.9. The molecule has 0 aliphatic rings. The highest BCUT2D eigenvalue weighted by Gasteiger charge is 2.13. The molecule has 1 aromatic heterocycles. The number of hydrogen-bond acceptors (Lipinski definition) is 6. The van der Waals surface area contributed by atoms with Crippen molar-refractivity contribution in [2.45, 2.75) is 13.8 Å². The van der Waals surface area contributed by atoms with Crippen molar-refractivity contribution in [3.63, 3.8) is 0 Å². The summed E-state index contributed by atoms with van der Waals surface area (Å²) in [4.78, 5) is 24.0. The number of furan rings is 1. The molecule has 1 heterocycles. The summed E-state index contributed by atoms with van der Waals surface area (Å²) in [6, 6.07) is 15.7. The monoisotopic (exact) mass is 392 g/mol. The van der Waals surface area contributed by atoms with Crippen LogP contribution in [0.4, 0.5) is 0 Å². The van der Waals surface area contributed by atoms with E-state index >= 15 is 0 Å². The molecule has 2 aromatic carbocycles. The standard InChI is InChI=1S/C22H20N2O5/c1-15-7-5-8-16(2)21(15)28-14-20(25)24-23-13-17-9-3-4-10-18(17)29-22(26)19-11-6-12-27-19/h3-13H,14H2,1-2H3,(H,24,25)/b23-13-. The molecule has 7 nitrogen and oxygen atoms in total. The topological polar surface area (TPSA) is 90.1 Å². The summed E-state index contributed by atoms with van der Waals surface area (Å²) in [6.45, 7) is 3.66. The van der Waals surface area contributed by atoms with E-state index in [2.05, 4.69) is 10.5 Å². The molecule has 0 saturated carbocycles. The highest BCUT2D eigenvalue weighted by molar-refractivity contribution is 5.91. The van der Waals surface area contributed by atoms with Gasteiger partial charge in [0, 0.05) is 5.56 Å². The number of ether oxygens (including phenoxy) is 2. The van der Waals surface area contributed by atoms with E-state index in [1.54, 1.807) is 30.3 Å². The molecule has 0 radical (unpaired) electrons. The average Bonchev–Trinajstić information content (AvgIpc) is 3.24. The van der Waals surface area contributed by atoms with Crippen LogP contribution in [0.2, 0.25) is 0 Å². The molecule has 0 fully saturated rings. The number of hydrogen-bond donors (Lipinski definition) is 1. The van der Waals surface area contributed by atoms with E-state index in [9.17, 15) is 9.59 Å². The van der Waals surface area contributed by atoms with Gasteiger partial charge < -0.3 is 13.9 Å². The van der Waals surface area contributed by atoms with Crippen molar-refractivity contribution in [2.24, 2.45) is 5.10 Å². The van der Waals surface area contributed by atoms with Crippen LogP contribution in [0.3, 0.4) is 0 Å². The van der Waals surface area contributed by atoms with Gasteiger partial charge in [-0.3, -0.25) is 4.79 Å². The number of benzene rings is 2. The lowest BCUT2D eigenvalue weighted by Crippen LogP contribution is -2.25. The number of aryl methyl sites for hydroxylation is 2. The lowest BCUT2D eigenvalue weighted by atomic mass is 10.1. The third-order valence-electron chi connectivity index (χ3n) is 3.99. The third-order valence-corrected chi connectivity index (χ3v) is 3.99. The second-order valence-corrected chi connectivity index (χ2v) is 6.21. The molecule has 0 spiro atoms. The zero-order valence-corrected chi connectivity index (χ0v) is 16.0. The summed E-state index contributed by atoms with van der Waals surface area (Å²) in [7, 11) is 0. The van der Waals surface area contributed by atoms with E-state index in [0.29, 0.717) is 17.1 Å². The van der Waals surface area contributed by atoms with Crippen LogP contribution >= 0.6 is 0 Å². The van der Waals surface area contributed by atoms with Gasteiger partial charge in [-0.2, -0.15) is 5.10 Å². The molecule has 1 amide bonds. The minimum atomic E-state index is -0.623. The number of carbonyl (C=O) groups excluding carboxylic acids is 2. The number of nitrogens with zero attached hydrogens (tertiary/aromatic N) is 1. The van der Waals surface area contributed by atoms with Crippen LogP contribution in [-0.4, -0.2) is 24.7 Å². The maximum Gasteiger partial charge on any atom is 0.379 e. The lowest BCUT2D eigenvalue weighted by Gasteiger charge is -2.10. The Kier molecular flexibility index (Phi) is 6.42. The second kappa shape index (κ2) is 9.36. The first-order valence-electron chi connectivity index (χ1n) is 8.90. The molecular weight excluding hydrogens is 372 g/mol. The van der Waals surface area contributed by atoms with Gasteiger partial charge >= 0.3 is 5.97 Å². The van der Waals surface area contributed by atoms with Crippen LogP contribution in [0.1, 0.15) is 27.2 Å². The predicted octanol–water partition coefficient (Wildman–Crippen LogP) is 3.64. The molecule has 0 aliphatic heterocycles. The van der Waals surface area contributed by atoms with Gasteiger partial charge in [0.2, 0.25) is 5.76 Å². The van der Waals surface area contributed by atoms with Crippen molar-refractivity contribution in [2.75, 3.05) is 6.61 Å². The smallest absolute Gasteiger partial charge is 0.379 e. The van der Waals surface area contributed by atoms with E-state index in [0.717, 1.165) is 11.1 Å². The average molecular weight is 392 g/mol. The van der Waals surface area contributed by atoms with Gasteiger partial charge in [-0.25, -0.2) is 10.2 Å². The Bertz CT molecular complexity index is 1010. The SMILES string of the molecule is Cc1cccc(C)c1OCC(=O)N/N=C\c1ccccc1OC(=O)c1ccco1. The fourth-order valence-electron chi connectivity index (χ4n) is 2.60. The molecule has 1 N–H and O–H groups in total. The first-order valence-corrected chi connectivity index (χ1v) is 8.90. The third kappa shape index (κ3) is 5.32. The summed E-state index contributed by atoms with van der Waals surface area (Å²) >= 11 is 0. The molecule has 3 rings (SSSR count). The van der Waals surface area contributed by atoms with Gasteiger partial charge in [-0.1, -0.05) is 30.3 Å². The zero-order valence-electron chi connectivity index (χ0n) is 16.0. The Morgan fingerprint density at radius 2 is 1.79 bits per heavy atom. The molecule has 0 saturated heterocycles. The molecule has 7 heteroatoms. The summed E-state index contributed by atoms with van der Waals surface area (Å²) in [5.41, 5.74) is 4.82. The van der Waals surface area contributed by atoms with Crippen molar-refractivity contribution in [1.29, 1.82) is 0 Å². The Labute approximate surface area is 167 Å². The van der Waals surface area contributed by atoms with Crippen LogP contribution in [0.25, 0.3) is 0 Å². The molecule has 3 aromatic rings. The van der Waals surface area contributed by atoms with Gasteiger partial charge in [-0.15, -0.1) is 0 Å². The van der Waals surface area contributed by atoms with Crippen LogP contribution in [0.5, 0.6) is 11.5 Å².